The lowest BCUT2D eigenvalue weighted by Gasteiger charge is -2.49. The molecule has 1 amide bonds. The van der Waals surface area contributed by atoms with E-state index in [1.807, 2.05) is 0 Å². The molecule has 1 aromatic rings. The Hall–Kier alpha value is -0.940. The number of halogens is 3. The standard InChI is InChI=1S/C14H16Cl2FN3O/c1-8-18-10(15)9(11(16)19-8)12(21)20-14-5-2-13(17,3-6-14)4-7-14/h2-7H2,1H3,(H,20,21). The van der Waals surface area contributed by atoms with E-state index in [1.54, 1.807) is 6.92 Å². The van der Waals surface area contributed by atoms with Gasteiger partial charge >= 0.3 is 0 Å². The van der Waals surface area contributed by atoms with Crippen LogP contribution in [0.3, 0.4) is 0 Å². The molecular weight excluding hydrogens is 316 g/mol. The fourth-order valence-electron chi connectivity index (χ4n) is 3.32. The number of nitrogens with one attached hydrogen (secondary N) is 1. The summed E-state index contributed by atoms with van der Waals surface area (Å²) in [6.07, 6.45) is 3.45. The highest BCUT2D eigenvalue weighted by Crippen LogP contribution is 2.49. The van der Waals surface area contributed by atoms with Crippen LogP contribution in [0.2, 0.25) is 10.3 Å². The predicted molar refractivity (Wildman–Crippen MR) is 78.5 cm³/mol. The maximum Gasteiger partial charge on any atom is 0.257 e. The van der Waals surface area contributed by atoms with Crippen LogP contribution in [0.25, 0.3) is 0 Å². The van der Waals surface area contributed by atoms with E-state index in [9.17, 15) is 9.18 Å². The van der Waals surface area contributed by atoms with Crippen LogP contribution in [-0.2, 0) is 0 Å². The highest BCUT2D eigenvalue weighted by Gasteiger charge is 2.49. The molecule has 4 nitrogen and oxygen atoms in total. The van der Waals surface area contributed by atoms with Crippen molar-refractivity contribution in [2.75, 3.05) is 0 Å². The van der Waals surface area contributed by atoms with Crippen LogP contribution in [0.15, 0.2) is 0 Å². The Morgan fingerprint density at radius 3 is 2.05 bits per heavy atom. The summed E-state index contributed by atoms with van der Waals surface area (Å²) in [6, 6.07) is 0. The summed E-state index contributed by atoms with van der Waals surface area (Å²) < 4.78 is 14.2. The van der Waals surface area contributed by atoms with E-state index in [4.69, 9.17) is 23.2 Å². The molecule has 7 heteroatoms. The zero-order valence-corrected chi connectivity index (χ0v) is 13.2. The highest BCUT2D eigenvalue weighted by atomic mass is 35.5. The lowest BCUT2D eigenvalue weighted by Crippen LogP contribution is -2.57. The Kier molecular flexibility index (Phi) is 3.61. The average Bonchev–Trinajstić information content (AvgIpc) is 2.39. The smallest absolute Gasteiger partial charge is 0.257 e. The second-order valence-corrected chi connectivity index (χ2v) is 6.83. The summed E-state index contributed by atoms with van der Waals surface area (Å²) in [5, 5.41) is 3.10. The summed E-state index contributed by atoms with van der Waals surface area (Å²) in [5.41, 5.74) is -1.28. The molecule has 2 bridgehead atoms. The molecule has 3 fully saturated rings. The Labute approximate surface area is 132 Å². The number of nitrogens with zero attached hydrogens (tertiary/aromatic N) is 2. The second kappa shape index (κ2) is 5.06. The van der Waals surface area contributed by atoms with Gasteiger partial charge < -0.3 is 5.32 Å². The number of carbonyl (C=O) groups is 1. The monoisotopic (exact) mass is 331 g/mol. The van der Waals surface area contributed by atoms with Gasteiger partial charge in [0.15, 0.2) is 0 Å². The van der Waals surface area contributed by atoms with E-state index in [0.717, 1.165) is 0 Å². The van der Waals surface area contributed by atoms with Crippen molar-refractivity contribution in [3.05, 3.63) is 21.7 Å². The number of amides is 1. The quantitative estimate of drug-likeness (QED) is 0.842. The van der Waals surface area contributed by atoms with Gasteiger partial charge in [-0.05, 0) is 45.4 Å². The second-order valence-electron chi connectivity index (χ2n) is 6.11. The number of hydrogen-bond acceptors (Lipinski definition) is 3. The molecule has 0 spiro atoms. The molecule has 0 unspecified atom stereocenters. The normalized spacial score (nSPS) is 31.2. The first kappa shape index (κ1) is 15.0. The van der Waals surface area contributed by atoms with E-state index in [0.29, 0.717) is 44.3 Å². The minimum Gasteiger partial charge on any atom is -0.346 e. The summed E-state index contributed by atoms with van der Waals surface area (Å²) in [4.78, 5) is 20.4. The number of aromatic nitrogens is 2. The van der Waals surface area contributed by atoms with Crippen molar-refractivity contribution >= 4 is 29.1 Å². The molecule has 1 N–H and O–H groups in total. The summed E-state index contributed by atoms with van der Waals surface area (Å²) in [5.74, 6) is 0.0375. The number of fused-ring (bicyclic) bond motifs is 3. The van der Waals surface area contributed by atoms with Gasteiger partial charge in [0.2, 0.25) is 0 Å². The SMILES string of the molecule is Cc1nc(Cl)c(C(=O)NC23CCC(F)(CC2)CC3)c(Cl)n1. The van der Waals surface area contributed by atoms with Crippen LogP contribution in [0.4, 0.5) is 4.39 Å². The lowest BCUT2D eigenvalue weighted by molar-refractivity contribution is -0.00651. The third kappa shape index (κ3) is 2.73. The van der Waals surface area contributed by atoms with Crippen molar-refractivity contribution in [2.45, 2.75) is 56.7 Å². The van der Waals surface area contributed by atoms with Gasteiger partial charge in [-0.15, -0.1) is 0 Å². The molecule has 0 saturated heterocycles. The highest BCUT2D eigenvalue weighted by molar-refractivity contribution is 6.38. The van der Waals surface area contributed by atoms with Crippen LogP contribution in [-0.4, -0.2) is 27.1 Å². The predicted octanol–water partition coefficient (Wildman–Crippen LogP) is 3.64. The first-order valence-corrected chi connectivity index (χ1v) is 7.79. The Balaban J connectivity index is 1.81. The molecule has 0 atom stereocenters. The molecule has 1 aromatic heterocycles. The first-order valence-electron chi connectivity index (χ1n) is 7.04. The molecule has 4 rings (SSSR count). The van der Waals surface area contributed by atoms with E-state index in [2.05, 4.69) is 15.3 Å². The summed E-state index contributed by atoms with van der Waals surface area (Å²) in [7, 11) is 0. The molecule has 1 heterocycles. The topological polar surface area (TPSA) is 54.9 Å². The molecule has 0 aromatic carbocycles. The van der Waals surface area contributed by atoms with Gasteiger partial charge in [0.05, 0.1) is 0 Å². The van der Waals surface area contributed by atoms with Gasteiger partial charge in [-0.3, -0.25) is 4.79 Å². The van der Waals surface area contributed by atoms with Crippen molar-refractivity contribution in [2.24, 2.45) is 0 Å². The number of carbonyl (C=O) groups excluding carboxylic acids is 1. The van der Waals surface area contributed by atoms with Crippen molar-refractivity contribution in [1.82, 2.24) is 15.3 Å². The van der Waals surface area contributed by atoms with Crippen molar-refractivity contribution < 1.29 is 9.18 Å². The average molecular weight is 332 g/mol. The lowest BCUT2D eigenvalue weighted by atomic mass is 9.64. The maximum atomic E-state index is 14.2. The van der Waals surface area contributed by atoms with E-state index >= 15 is 0 Å². The molecule has 0 aliphatic heterocycles. The van der Waals surface area contributed by atoms with Crippen molar-refractivity contribution in [3.63, 3.8) is 0 Å². The van der Waals surface area contributed by atoms with Crippen molar-refractivity contribution in [1.29, 1.82) is 0 Å². The third-order valence-electron chi connectivity index (χ3n) is 4.69. The molecule has 3 aliphatic carbocycles. The summed E-state index contributed by atoms with van der Waals surface area (Å²) >= 11 is 12.0. The molecule has 3 aliphatic rings. The Bertz CT molecular complexity index is 560. The number of aryl methyl sites for hydroxylation is 1. The van der Waals surface area contributed by atoms with Gasteiger partial charge in [0.25, 0.3) is 5.91 Å². The van der Waals surface area contributed by atoms with Gasteiger partial charge in [-0.2, -0.15) is 0 Å². The van der Waals surface area contributed by atoms with Gasteiger partial charge in [0, 0.05) is 5.54 Å². The van der Waals surface area contributed by atoms with Gasteiger partial charge in [-0.1, -0.05) is 23.2 Å². The van der Waals surface area contributed by atoms with Crippen molar-refractivity contribution in [3.8, 4) is 0 Å². The largest absolute Gasteiger partial charge is 0.346 e. The third-order valence-corrected chi connectivity index (χ3v) is 5.24. The minimum atomic E-state index is -1.03. The van der Waals surface area contributed by atoms with Gasteiger partial charge in [-0.25, -0.2) is 14.4 Å². The molecular formula is C14H16Cl2FN3O. The molecule has 21 heavy (non-hydrogen) atoms. The fourth-order valence-corrected chi connectivity index (χ4v) is 3.97. The van der Waals surface area contributed by atoms with E-state index in [1.165, 1.54) is 0 Å². The maximum absolute atomic E-state index is 14.2. The zero-order valence-electron chi connectivity index (χ0n) is 11.7. The Morgan fingerprint density at radius 2 is 1.57 bits per heavy atom. The number of hydrogen-bond donors (Lipinski definition) is 1. The van der Waals surface area contributed by atoms with Gasteiger partial charge in [0.1, 0.15) is 27.4 Å². The molecule has 3 saturated carbocycles. The van der Waals surface area contributed by atoms with Crippen LogP contribution in [0.1, 0.15) is 54.7 Å². The van der Waals surface area contributed by atoms with Crippen LogP contribution in [0, 0.1) is 6.92 Å². The van der Waals surface area contributed by atoms with E-state index in [-0.39, 0.29) is 27.3 Å². The molecule has 114 valence electrons. The zero-order chi connectivity index (χ0) is 15.3. The molecule has 0 radical (unpaired) electrons. The summed E-state index contributed by atoms with van der Waals surface area (Å²) in [6.45, 7) is 1.65. The van der Waals surface area contributed by atoms with E-state index < -0.39 is 5.67 Å². The number of rotatable bonds is 2. The Morgan fingerprint density at radius 1 is 1.10 bits per heavy atom. The minimum absolute atomic E-state index is 0.0489. The van der Waals surface area contributed by atoms with Crippen LogP contribution < -0.4 is 5.32 Å². The van der Waals surface area contributed by atoms with Crippen LogP contribution in [0.5, 0.6) is 0 Å². The number of alkyl halides is 1. The van der Waals surface area contributed by atoms with Crippen LogP contribution >= 0.6 is 23.2 Å². The fraction of sp³-hybridized carbons (Fsp3) is 0.643. The first-order chi connectivity index (χ1) is 9.83.